The summed E-state index contributed by atoms with van der Waals surface area (Å²) in [6, 6.07) is -1.28. The van der Waals surface area contributed by atoms with Crippen LogP contribution in [0.1, 0.15) is 25.7 Å². The first-order valence-corrected chi connectivity index (χ1v) is 14.9. The summed E-state index contributed by atoms with van der Waals surface area (Å²) in [7, 11) is 5.12. The second-order valence-electron chi connectivity index (χ2n) is 8.99. The first-order chi connectivity index (χ1) is 17.4. The highest BCUT2D eigenvalue weighted by Gasteiger charge is 2.44. The van der Waals surface area contributed by atoms with Crippen molar-refractivity contribution >= 4 is 31.3 Å². The monoisotopic (exact) mass is 570 g/mol. The second kappa shape index (κ2) is 14.1. The molecule has 3 fully saturated rings. The van der Waals surface area contributed by atoms with Crippen LogP contribution in [0.5, 0.6) is 0 Å². The van der Waals surface area contributed by atoms with Gasteiger partial charge in [0.05, 0.1) is 38.1 Å². The molecular formula is C19H34B2O14P2. The molecule has 37 heavy (non-hydrogen) atoms. The number of phosphoric ester groups is 2. The third-order valence-corrected chi connectivity index (χ3v) is 8.19. The van der Waals surface area contributed by atoms with Crippen LogP contribution in [-0.4, -0.2) is 126 Å². The number of rotatable bonds is 15. The van der Waals surface area contributed by atoms with Gasteiger partial charge >= 0.3 is 15.6 Å². The van der Waals surface area contributed by atoms with E-state index in [4.69, 9.17) is 57.5 Å². The van der Waals surface area contributed by atoms with E-state index >= 15 is 0 Å². The minimum Gasteiger partial charge on any atom is -0.396 e. The first kappa shape index (κ1) is 31.6. The lowest BCUT2D eigenvalue weighted by atomic mass is 9.96. The van der Waals surface area contributed by atoms with Gasteiger partial charge in [-0.2, -0.15) is 0 Å². The Labute approximate surface area is 218 Å². The van der Waals surface area contributed by atoms with Crippen LogP contribution in [0.3, 0.4) is 0 Å². The summed E-state index contributed by atoms with van der Waals surface area (Å²) in [5, 5.41) is 9.26. The van der Waals surface area contributed by atoms with Gasteiger partial charge in [0.2, 0.25) is 0 Å². The van der Waals surface area contributed by atoms with Crippen molar-refractivity contribution < 1.29 is 65.8 Å². The fraction of sp³-hybridized carbons (Fsp3) is 1.00. The van der Waals surface area contributed by atoms with E-state index in [9.17, 15) is 24.0 Å². The summed E-state index contributed by atoms with van der Waals surface area (Å²) in [5.74, 6) is 0. The standard InChI is InChI=1S/C19H34B2O14P2/c1-27-8-15-14(7-19(21)32-15)35-37(25,26)30-10-17-13(5-11(31-17)3-4-22)34-36(23,24)29-9-16-12(28-2)6-18(20)33-16/h11-19,22H,3-10H2,1-2H3,(H,23,24)(H,25,26)/t11-,12?,13?,14?,15+,16+,17+,18+,19+/m0/s1. The normalized spacial score (nSPS) is 39.5. The lowest BCUT2D eigenvalue weighted by Gasteiger charge is -2.25. The van der Waals surface area contributed by atoms with E-state index in [1.54, 1.807) is 0 Å². The van der Waals surface area contributed by atoms with Gasteiger partial charge in [-0.25, -0.2) is 9.13 Å². The molecule has 3 heterocycles. The molecule has 3 aliphatic heterocycles. The molecule has 0 aromatic heterocycles. The van der Waals surface area contributed by atoms with Gasteiger partial charge in [0.1, 0.15) is 40.1 Å². The van der Waals surface area contributed by atoms with Crippen LogP contribution in [0.15, 0.2) is 0 Å². The fourth-order valence-corrected chi connectivity index (χ4v) is 6.36. The SMILES string of the molecule is [B][C@H]1CC(OC)[C@@H](COP(=O)(O)OC2C[C@H](CCO)O[C@@H]2COP(=O)(O)OC2C[C@H]([B])O[C@@H]2COC)O1. The van der Waals surface area contributed by atoms with Gasteiger partial charge in [-0.15, -0.1) is 0 Å². The van der Waals surface area contributed by atoms with Gasteiger partial charge in [0, 0.05) is 39.3 Å². The van der Waals surface area contributed by atoms with Gasteiger partial charge in [-0.3, -0.25) is 18.1 Å². The molecule has 0 saturated carbocycles. The van der Waals surface area contributed by atoms with E-state index in [-0.39, 0.29) is 39.1 Å². The van der Waals surface area contributed by atoms with Crippen LogP contribution in [0, 0.1) is 0 Å². The third-order valence-electron chi connectivity index (χ3n) is 6.16. The van der Waals surface area contributed by atoms with Gasteiger partial charge in [0.15, 0.2) is 0 Å². The topological polar surface area (TPSA) is 178 Å². The van der Waals surface area contributed by atoms with Gasteiger partial charge in [0.25, 0.3) is 0 Å². The summed E-state index contributed by atoms with van der Waals surface area (Å²) in [6.07, 6.45) is -4.38. The minimum absolute atomic E-state index is 0.0948. The second-order valence-corrected chi connectivity index (χ2v) is 11.8. The molecule has 3 rings (SSSR count). The Kier molecular flexibility index (Phi) is 12.1. The lowest BCUT2D eigenvalue weighted by Crippen LogP contribution is -2.31. The highest BCUT2D eigenvalue weighted by molar-refractivity contribution is 7.47. The molecule has 3 aliphatic rings. The largest absolute Gasteiger partial charge is 0.472 e. The summed E-state index contributed by atoms with van der Waals surface area (Å²) in [4.78, 5) is 20.5. The van der Waals surface area contributed by atoms with Crippen LogP contribution >= 0.6 is 15.6 Å². The van der Waals surface area contributed by atoms with Crippen molar-refractivity contribution in [2.75, 3.05) is 40.6 Å². The number of aliphatic hydroxyl groups is 1. The maximum atomic E-state index is 12.6. The van der Waals surface area contributed by atoms with Gasteiger partial charge in [-0.1, -0.05) is 0 Å². The Morgan fingerprint density at radius 2 is 1.27 bits per heavy atom. The molecule has 0 amide bonds. The zero-order chi connectivity index (χ0) is 27.2. The quantitative estimate of drug-likeness (QED) is 0.174. The molecule has 3 saturated heterocycles. The fourth-order valence-electron chi connectivity index (χ4n) is 4.44. The van der Waals surface area contributed by atoms with Crippen LogP contribution < -0.4 is 0 Å². The van der Waals surface area contributed by atoms with E-state index in [2.05, 4.69) is 0 Å². The molecule has 14 nitrogen and oxygen atoms in total. The Bertz CT molecular complexity index is 811. The highest BCUT2D eigenvalue weighted by Crippen LogP contribution is 2.50. The number of phosphoric acid groups is 2. The van der Waals surface area contributed by atoms with Crippen LogP contribution in [0.4, 0.5) is 0 Å². The molecule has 18 heteroatoms. The number of hydrogen-bond acceptors (Lipinski definition) is 12. The number of hydrogen-bond donors (Lipinski definition) is 3. The smallest absolute Gasteiger partial charge is 0.396 e. The van der Waals surface area contributed by atoms with Crippen molar-refractivity contribution in [3.05, 3.63) is 0 Å². The molecule has 0 aromatic carbocycles. The third kappa shape index (κ3) is 9.61. The molecule has 0 aromatic rings. The van der Waals surface area contributed by atoms with Crippen molar-refractivity contribution in [2.45, 2.75) is 80.4 Å². The summed E-state index contributed by atoms with van der Waals surface area (Å²) < 4.78 is 72.8. The number of aliphatic hydroxyl groups excluding tert-OH is 1. The molecular weight excluding hydrogens is 536 g/mol. The molecule has 0 spiro atoms. The maximum absolute atomic E-state index is 12.6. The summed E-state index contributed by atoms with van der Waals surface area (Å²) >= 11 is 0. The van der Waals surface area contributed by atoms with Gasteiger partial charge < -0.3 is 38.6 Å². The van der Waals surface area contributed by atoms with E-state index in [0.29, 0.717) is 6.42 Å². The lowest BCUT2D eigenvalue weighted by molar-refractivity contribution is -0.0455. The van der Waals surface area contributed by atoms with E-state index in [0.717, 1.165) is 0 Å². The highest BCUT2D eigenvalue weighted by atomic mass is 31.2. The van der Waals surface area contributed by atoms with Crippen LogP contribution in [0.25, 0.3) is 0 Å². The predicted molar refractivity (Wildman–Crippen MR) is 127 cm³/mol. The molecule has 3 N–H and O–H groups in total. The van der Waals surface area contributed by atoms with E-state index < -0.39 is 77.0 Å². The zero-order valence-corrected chi connectivity index (χ0v) is 22.5. The van der Waals surface area contributed by atoms with Crippen LogP contribution in [0.2, 0.25) is 0 Å². The Hall–Kier alpha value is 0.110. The molecule has 11 atom stereocenters. The number of ether oxygens (including phenoxy) is 5. The van der Waals surface area contributed by atoms with Crippen molar-refractivity contribution in [3.8, 4) is 0 Å². The molecule has 0 aliphatic carbocycles. The van der Waals surface area contributed by atoms with Crippen molar-refractivity contribution in [2.24, 2.45) is 0 Å². The maximum Gasteiger partial charge on any atom is 0.472 e. The van der Waals surface area contributed by atoms with E-state index in [1.165, 1.54) is 14.2 Å². The minimum atomic E-state index is -4.63. The average molecular weight is 570 g/mol. The summed E-state index contributed by atoms with van der Waals surface area (Å²) in [5.41, 5.74) is 0. The Balaban J connectivity index is 1.56. The zero-order valence-electron chi connectivity index (χ0n) is 20.7. The average Bonchev–Trinajstić information content (AvgIpc) is 3.47. The van der Waals surface area contributed by atoms with E-state index in [1.807, 2.05) is 0 Å². The van der Waals surface area contributed by atoms with Gasteiger partial charge in [-0.05, 0) is 19.3 Å². The summed E-state index contributed by atoms with van der Waals surface area (Å²) in [6.45, 7) is -0.942. The molecule has 5 unspecified atom stereocenters. The molecule has 4 radical (unpaired) electrons. The van der Waals surface area contributed by atoms with Crippen molar-refractivity contribution in [1.29, 1.82) is 0 Å². The van der Waals surface area contributed by atoms with Crippen LogP contribution in [-0.2, 0) is 50.9 Å². The molecule has 210 valence electrons. The number of methoxy groups -OCH3 is 2. The Morgan fingerprint density at radius 3 is 1.78 bits per heavy atom. The molecule has 0 bridgehead atoms. The Morgan fingerprint density at radius 1 is 0.784 bits per heavy atom. The predicted octanol–water partition coefficient (Wildman–Crippen LogP) is -0.241. The first-order valence-electron chi connectivity index (χ1n) is 11.9. The van der Waals surface area contributed by atoms with Crippen molar-refractivity contribution in [1.82, 2.24) is 0 Å². The van der Waals surface area contributed by atoms with Crippen molar-refractivity contribution in [3.63, 3.8) is 0 Å².